The summed E-state index contributed by atoms with van der Waals surface area (Å²) in [5.41, 5.74) is 2.15. The van der Waals surface area contributed by atoms with Crippen LogP contribution < -0.4 is 5.32 Å². The lowest BCUT2D eigenvalue weighted by Crippen LogP contribution is -2.20. The van der Waals surface area contributed by atoms with E-state index in [-0.39, 0.29) is 6.04 Å². The Balaban J connectivity index is 2.01. The minimum atomic E-state index is 0.283. The van der Waals surface area contributed by atoms with Crippen molar-refractivity contribution in [3.8, 4) is 0 Å². The highest BCUT2D eigenvalue weighted by Crippen LogP contribution is 2.20. The second kappa shape index (κ2) is 5.98. The van der Waals surface area contributed by atoms with E-state index >= 15 is 0 Å². The first-order valence-electron chi connectivity index (χ1n) is 6.03. The van der Waals surface area contributed by atoms with E-state index in [0.717, 1.165) is 17.1 Å². The van der Waals surface area contributed by atoms with E-state index in [1.54, 1.807) is 4.68 Å². The molecule has 1 atom stereocenters. The number of nitrogens with one attached hydrogen (secondary N) is 1. The summed E-state index contributed by atoms with van der Waals surface area (Å²) in [5.74, 6) is 0. The van der Waals surface area contributed by atoms with Crippen LogP contribution in [0.5, 0.6) is 0 Å². The maximum Gasteiger partial charge on any atom is 0.0964 e. The first-order chi connectivity index (χ1) is 8.69. The van der Waals surface area contributed by atoms with Crippen molar-refractivity contribution in [2.45, 2.75) is 25.9 Å². The van der Waals surface area contributed by atoms with E-state index in [0.29, 0.717) is 6.54 Å². The molecule has 1 heterocycles. The summed E-state index contributed by atoms with van der Waals surface area (Å²) in [6, 6.07) is 8.24. The molecule has 1 N–H and O–H groups in total. The number of hydrogen-bond acceptors (Lipinski definition) is 3. The highest BCUT2D eigenvalue weighted by Gasteiger charge is 2.09. The van der Waals surface area contributed by atoms with Crippen molar-refractivity contribution in [3.63, 3.8) is 0 Å². The molecule has 1 aromatic carbocycles. The second-order valence-corrected chi connectivity index (χ2v) is 4.72. The molecular formula is C13H17ClN4. The summed E-state index contributed by atoms with van der Waals surface area (Å²) in [7, 11) is 1.87. The number of benzene rings is 1. The first-order valence-corrected chi connectivity index (χ1v) is 6.41. The van der Waals surface area contributed by atoms with Crippen LogP contribution in [0.3, 0.4) is 0 Å². The van der Waals surface area contributed by atoms with Crippen molar-refractivity contribution in [3.05, 3.63) is 46.7 Å². The van der Waals surface area contributed by atoms with Gasteiger partial charge in [0.2, 0.25) is 0 Å². The average molecular weight is 265 g/mol. The molecule has 0 spiro atoms. The third-order valence-corrected chi connectivity index (χ3v) is 3.07. The van der Waals surface area contributed by atoms with Crippen LogP contribution in [0.25, 0.3) is 0 Å². The summed E-state index contributed by atoms with van der Waals surface area (Å²) in [5, 5.41) is 12.2. The summed E-state index contributed by atoms with van der Waals surface area (Å²) >= 11 is 6.01. The van der Waals surface area contributed by atoms with Crippen LogP contribution in [-0.2, 0) is 13.6 Å². The van der Waals surface area contributed by atoms with Crippen molar-refractivity contribution < 1.29 is 0 Å². The van der Waals surface area contributed by atoms with Gasteiger partial charge in [-0.25, -0.2) is 0 Å². The Labute approximate surface area is 112 Å². The predicted molar refractivity (Wildman–Crippen MR) is 72.3 cm³/mol. The highest BCUT2D eigenvalue weighted by molar-refractivity contribution is 6.30. The molecule has 0 aliphatic rings. The summed E-state index contributed by atoms with van der Waals surface area (Å²) in [6.07, 6.45) is 2.91. The molecule has 96 valence electrons. The molecule has 0 saturated heterocycles. The molecule has 0 radical (unpaired) electrons. The topological polar surface area (TPSA) is 42.7 Å². The predicted octanol–water partition coefficient (Wildman–Crippen LogP) is 2.71. The van der Waals surface area contributed by atoms with Gasteiger partial charge in [-0.15, -0.1) is 5.10 Å². The van der Waals surface area contributed by atoms with Gasteiger partial charge in [-0.05, 0) is 24.1 Å². The SMILES string of the molecule is CCC(NCc1cn(C)nn1)c1cccc(Cl)c1. The summed E-state index contributed by atoms with van der Waals surface area (Å²) in [4.78, 5) is 0. The molecule has 0 amide bonds. The van der Waals surface area contributed by atoms with Crippen LogP contribution in [0.4, 0.5) is 0 Å². The van der Waals surface area contributed by atoms with Gasteiger partial charge < -0.3 is 5.32 Å². The Kier molecular flexibility index (Phi) is 4.33. The Morgan fingerprint density at radius 2 is 2.28 bits per heavy atom. The van der Waals surface area contributed by atoms with Gasteiger partial charge in [0.05, 0.1) is 5.69 Å². The monoisotopic (exact) mass is 264 g/mol. The number of halogens is 1. The zero-order chi connectivity index (χ0) is 13.0. The fourth-order valence-corrected chi connectivity index (χ4v) is 2.12. The lowest BCUT2D eigenvalue weighted by atomic mass is 10.0. The summed E-state index contributed by atoms with van der Waals surface area (Å²) in [6.45, 7) is 2.86. The minimum Gasteiger partial charge on any atom is -0.304 e. The van der Waals surface area contributed by atoms with Crippen molar-refractivity contribution >= 4 is 11.6 Å². The maximum atomic E-state index is 6.01. The normalized spacial score (nSPS) is 12.6. The molecule has 0 aliphatic carbocycles. The largest absolute Gasteiger partial charge is 0.304 e. The van der Waals surface area contributed by atoms with Gasteiger partial charge >= 0.3 is 0 Å². The van der Waals surface area contributed by atoms with E-state index in [9.17, 15) is 0 Å². The number of aromatic nitrogens is 3. The number of nitrogens with zero attached hydrogens (tertiary/aromatic N) is 3. The third-order valence-electron chi connectivity index (χ3n) is 2.84. The molecule has 18 heavy (non-hydrogen) atoms. The van der Waals surface area contributed by atoms with Crippen LogP contribution in [0.1, 0.15) is 30.6 Å². The number of aryl methyl sites for hydroxylation is 1. The fourth-order valence-electron chi connectivity index (χ4n) is 1.93. The molecule has 0 fully saturated rings. The van der Waals surface area contributed by atoms with Crippen LogP contribution >= 0.6 is 11.6 Å². The average Bonchev–Trinajstić information content (AvgIpc) is 2.76. The van der Waals surface area contributed by atoms with Gasteiger partial charge in [0.1, 0.15) is 0 Å². The fraction of sp³-hybridized carbons (Fsp3) is 0.385. The third kappa shape index (κ3) is 3.31. The Hall–Kier alpha value is -1.39. The van der Waals surface area contributed by atoms with E-state index in [2.05, 4.69) is 28.6 Å². The van der Waals surface area contributed by atoms with Crippen molar-refractivity contribution in [1.82, 2.24) is 20.3 Å². The Bertz CT molecular complexity index is 509. The molecule has 1 unspecified atom stereocenters. The minimum absolute atomic E-state index is 0.283. The van der Waals surface area contributed by atoms with Gasteiger partial charge in [0, 0.05) is 30.9 Å². The van der Waals surface area contributed by atoms with E-state index in [1.807, 2.05) is 31.4 Å². The molecule has 1 aromatic heterocycles. The van der Waals surface area contributed by atoms with Crippen LogP contribution in [0, 0.1) is 0 Å². The molecule has 4 nitrogen and oxygen atoms in total. The maximum absolute atomic E-state index is 6.01. The first kappa shape index (κ1) is 13.1. The smallest absolute Gasteiger partial charge is 0.0964 e. The van der Waals surface area contributed by atoms with Crippen molar-refractivity contribution in [2.75, 3.05) is 0 Å². The molecule has 0 bridgehead atoms. The van der Waals surface area contributed by atoms with Crippen LogP contribution in [0.2, 0.25) is 5.02 Å². The van der Waals surface area contributed by atoms with E-state index < -0.39 is 0 Å². The highest BCUT2D eigenvalue weighted by atomic mass is 35.5. The zero-order valence-corrected chi connectivity index (χ0v) is 11.4. The van der Waals surface area contributed by atoms with Gasteiger partial charge in [-0.1, -0.05) is 35.9 Å². The van der Waals surface area contributed by atoms with Gasteiger partial charge in [-0.2, -0.15) is 0 Å². The zero-order valence-electron chi connectivity index (χ0n) is 10.6. The van der Waals surface area contributed by atoms with Gasteiger partial charge in [0.15, 0.2) is 0 Å². The Morgan fingerprint density at radius 3 is 2.89 bits per heavy atom. The van der Waals surface area contributed by atoms with Crippen molar-refractivity contribution in [1.29, 1.82) is 0 Å². The molecule has 0 aliphatic heterocycles. The molecular weight excluding hydrogens is 248 g/mol. The Morgan fingerprint density at radius 1 is 1.44 bits per heavy atom. The standard InChI is InChI=1S/C13H17ClN4/c1-3-13(10-5-4-6-11(14)7-10)15-8-12-9-18(2)17-16-12/h4-7,9,13,15H,3,8H2,1-2H3. The molecule has 2 aromatic rings. The van der Waals surface area contributed by atoms with E-state index in [1.165, 1.54) is 5.56 Å². The van der Waals surface area contributed by atoms with Gasteiger partial charge in [-0.3, -0.25) is 4.68 Å². The number of hydrogen-bond donors (Lipinski definition) is 1. The summed E-state index contributed by atoms with van der Waals surface area (Å²) < 4.78 is 1.71. The lowest BCUT2D eigenvalue weighted by molar-refractivity contribution is 0.514. The molecule has 0 saturated carbocycles. The van der Waals surface area contributed by atoms with Crippen LogP contribution in [0.15, 0.2) is 30.5 Å². The van der Waals surface area contributed by atoms with Crippen molar-refractivity contribution in [2.24, 2.45) is 7.05 Å². The quantitative estimate of drug-likeness (QED) is 0.903. The van der Waals surface area contributed by atoms with Gasteiger partial charge in [0.25, 0.3) is 0 Å². The van der Waals surface area contributed by atoms with Crippen LogP contribution in [-0.4, -0.2) is 15.0 Å². The van der Waals surface area contributed by atoms with E-state index in [4.69, 9.17) is 11.6 Å². The second-order valence-electron chi connectivity index (χ2n) is 4.28. The lowest BCUT2D eigenvalue weighted by Gasteiger charge is -2.16. The molecule has 2 rings (SSSR count). The molecule has 5 heteroatoms. The number of rotatable bonds is 5.